The van der Waals surface area contributed by atoms with Crippen molar-refractivity contribution in [1.29, 1.82) is 0 Å². The summed E-state index contributed by atoms with van der Waals surface area (Å²) in [7, 11) is 0. The minimum atomic E-state index is -0.349. The number of nitrogens with one attached hydrogen (secondary N) is 1. The largest absolute Gasteiger partial charge is 0.370 e. The number of thioether (sulfide) groups is 1. The van der Waals surface area contributed by atoms with Crippen LogP contribution in [0.2, 0.25) is 0 Å². The van der Waals surface area contributed by atoms with Crippen molar-refractivity contribution in [2.75, 3.05) is 12.3 Å². The molecule has 2 aromatic rings. The summed E-state index contributed by atoms with van der Waals surface area (Å²) in [5, 5.41) is 12.1. The highest BCUT2D eigenvalue weighted by Gasteiger charge is 2.30. The van der Waals surface area contributed by atoms with Crippen LogP contribution in [-0.4, -0.2) is 38.9 Å². The molecule has 1 aliphatic carbocycles. The van der Waals surface area contributed by atoms with E-state index in [9.17, 15) is 9.59 Å². The minimum absolute atomic E-state index is 0.0227. The van der Waals surface area contributed by atoms with Gasteiger partial charge in [-0.25, -0.2) is 0 Å². The fourth-order valence-electron chi connectivity index (χ4n) is 2.83. The molecule has 0 bridgehead atoms. The summed E-state index contributed by atoms with van der Waals surface area (Å²) < 4.78 is 1.94. The third-order valence-corrected chi connectivity index (χ3v) is 5.38. The van der Waals surface area contributed by atoms with Gasteiger partial charge in [0.25, 0.3) is 0 Å². The Bertz CT molecular complexity index is 774. The number of benzene rings is 1. The molecule has 0 atom stereocenters. The molecule has 8 heteroatoms. The topological polar surface area (TPSA) is 103 Å². The fourth-order valence-corrected chi connectivity index (χ4v) is 3.63. The van der Waals surface area contributed by atoms with Gasteiger partial charge in [-0.1, -0.05) is 42.1 Å². The third kappa shape index (κ3) is 6.09. The van der Waals surface area contributed by atoms with Crippen LogP contribution in [0.4, 0.5) is 0 Å². The number of amides is 2. The van der Waals surface area contributed by atoms with Gasteiger partial charge >= 0.3 is 0 Å². The number of rotatable bonds is 11. The van der Waals surface area contributed by atoms with E-state index in [1.54, 1.807) is 0 Å². The highest BCUT2D eigenvalue weighted by atomic mass is 32.2. The molecule has 1 fully saturated rings. The van der Waals surface area contributed by atoms with Crippen LogP contribution in [0.3, 0.4) is 0 Å². The first kappa shape index (κ1) is 19.4. The SMILES string of the molecule is NC(=O)CCn1c(SCC(=O)NCCCc2ccccc2)nnc1C1CC1. The lowest BCUT2D eigenvalue weighted by molar-refractivity contribution is -0.119. The zero-order chi connectivity index (χ0) is 19.1. The minimum Gasteiger partial charge on any atom is -0.370 e. The average Bonchev–Trinajstić information content (AvgIpc) is 3.43. The maximum atomic E-state index is 12.1. The lowest BCUT2D eigenvalue weighted by Crippen LogP contribution is -2.26. The number of hydrogen-bond donors (Lipinski definition) is 2. The molecule has 1 aromatic carbocycles. The lowest BCUT2D eigenvalue weighted by atomic mass is 10.1. The van der Waals surface area contributed by atoms with Crippen molar-refractivity contribution < 1.29 is 9.59 Å². The number of primary amides is 1. The van der Waals surface area contributed by atoms with E-state index >= 15 is 0 Å². The monoisotopic (exact) mass is 387 g/mol. The number of aryl methyl sites for hydroxylation is 1. The summed E-state index contributed by atoms with van der Waals surface area (Å²) >= 11 is 1.35. The number of hydrogen-bond acceptors (Lipinski definition) is 5. The number of nitrogens with two attached hydrogens (primary N) is 1. The summed E-state index contributed by atoms with van der Waals surface area (Å²) in [5.74, 6) is 1.24. The van der Waals surface area contributed by atoms with Gasteiger partial charge < -0.3 is 15.6 Å². The van der Waals surface area contributed by atoms with E-state index in [2.05, 4.69) is 27.6 Å². The van der Waals surface area contributed by atoms with Crippen molar-refractivity contribution in [2.24, 2.45) is 5.73 Å². The van der Waals surface area contributed by atoms with Crippen molar-refractivity contribution in [3.05, 3.63) is 41.7 Å². The zero-order valence-electron chi connectivity index (χ0n) is 15.3. The Hall–Kier alpha value is -2.35. The average molecular weight is 388 g/mol. The van der Waals surface area contributed by atoms with E-state index in [4.69, 9.17) is 5.73 Å². The maximum absolute atomic E-state index is 12.1. The smallest absolute Gasteiger partial charge is 0.230 e. The molecule has 0 aliphatic heterocycles. The van der Waals surface area contributed by atoms with Crippen LogP contribution in [0.1, 0.15) is 43.0 Å². The Morgan fingerprint density at radius 1 is 1.22 bits per heavy atom. The zero-order valence-corrected chi connectivity index (χ0v) is 16.1. The van der Waals surface area contributed by atoms with Crippen molar-refractivity contribution in [2.45, 2.75) is 49.7 Å². The molecule has 0 radical (unpaired) electrons. The van der Waals surface area contributed by atoms with Gasteiger partial charge in [0.05, 0.1) is 5.75 Å². The van der Waals surface area contributed by atoms with Gasteiger partial charge in [0.2, 0.25) is 11.8 Å². The Morgan fingerprint density at radius 2 is 2.00 bits per heavy atom. The lowest BCUT2D eigenvalue weighted by Gasteiger charge is -2.09. The van der Waals surface area contributed by atoms with Crippen molar-refractivity contribution >= 4 is 23.6 Å². The highest BCUT2D eigenvalue weighted by Crippen LogP contribution is 2.40. The molecule has 1 aromatic heterocycles. The molecule has 27 heavy (non-hydrogen) atoms. The maximum Gasteiger partial charge on any atom is 0.230 e. The second-order valence-electron chi connectivity index (χ2n) is 6.71. The van der Waals surface area contributed by atoms with E-state index in [-0.39, 0.29) is 24.0 Å². The van der Waals surface area contributed by atoms with E-state index in [0.29, 0.717) is 24.2 Å². The first-order chi connectivity index (χ1) is 13.1. The Labute approximate surface area is 163 Å². The normalized spacial score (nSPS) is 13.5. The predicted octanol–water partition coefficient (Wildman–Crippen LogP) is 1.87. The number of nitrogens with zero attached hydrogens (tertiary/aromatic N) is 3. The molecule has 7 nitrogen and oxygen atoms in total. The van der Waals surface area contributed by atoms with Crippen LogP contribution in [0.5, 0.6) is 0 Å². The second kappa shape index (κ2) is 9.55. The van der Waals surface area contributed by atoms with Crippen molar-refractivity contribution in [3.63, 3.8) is 0 Å². The Morgan fingerprint density at radius 3 is 2.70 bits per heavy atom. The van der Waals surface area contributed by atoms with Crippen LogP contribution < -0.4 is 11.1 Å². The molecule has 1 heterocycles. The molecule has 0 unspecified atom stereocenters. The summed E-state index contributed by atoms with van der Waals surface area (Å²) in [4.78, 5) is 23.2. The van der Waals surface area contributed by atoms with Gasteiger partial charge in [0, 0.05) is 25.4 Å². The third-order valence-electron chi connectivity index (χ3n) is 4.41. The second-order valence-corrected chi connectivity index (χ2v) is 7.65. The summed E-state index contributed by atoms with van der Waals surface area (Å²) in [6.45, 7) is 1.12. The Balaban J connectivity index is 1.43. The molecule has 3 rings (SSSR count). The van der Waals surface area contributed by atoms with Crippen molar-refractivity contribution in [1.82, 2.24) is 20.1 Å². The van der Waals surface area contributed by atoms with Crippen LogP contribution in [-0.2, 0) is 22.6 Å². The molecular formula is C19H25N5O2S. The molecule has 1 saturated carbocycles. The summed E-state index contributed by atoms with van der Waals surface area (Å²) in [6, 6.07) is 10.2. The van der Waals surface area contributed by atoms with Gasteiger partial charge in [0.1, 0.15) is 5.82 Å². The van der Waals surface area contributed by atoms with Crippen LogP contribution >= 0.6 is 11.8 Å². The van der Waals surface area contributed by atoms with Gasteiger partial charge in [-0.3, -0.25) is 9.59 Å². The number of aromatic nitrogens is 3. The van der Waals surface area contributed by atoms with E-state index in [1.165, 1.54) is 17.3 Å². The molecule has 1 aliphatic rings. The highest BCUT2D eigenvalue weighted by molar-refractivity contribution is 7.99. The van der Waals surface area contributed by atoms with E-state index < -0.39 is 0 Å². The quantitative estimate of drug-likeness (QED) is 0.453. The molecule has 3 N–H and O–H groups in total. The van der Waals surface area contributed by atoms with Gasteiger partial charge in [-0.15, -0.1) is 10.2 Å². The van der Waals surface area contributed by atoms with E-state index in [1.807, 2.05) is 22.8 Å². The van der Waals surface area contributed by atoms with Gasteiger partial charge in [-0.05, 0) is 31.2 Å². The summed E-state index contributed by atoms with van der Waals surface area (Å²) in [6.07, 6.45) is 4.29. The first-order valence-corrected chi connectivity index (χ1v) is 10.3. The Kier molecular flexibility index (Phi) is 6.86. The predicted molar refractivity (Wildman–Crippen MR) is 104 cm³/mol. The standard InChI is InChI=1S/C19H25N5O2S/c20-16(25)10-12-24-18(15-8-9-15)22-23-19(24)27-13-17(26)21-11-4-7-14-5-2-1-3-6-14/h1-3,5-6,15H,4,7-13H2,(H2,20,25)(H,21,26). The van der Waals surface area contributed by atoms with Crippen LogP contribution in [0.25, 0.3) is 0 Å². The van der Waals surface area contributed by atoms with Gasteiger partial charge in [0.15, 0.2) is 5.16 Å². The molecule has 144 valence electrons. The molecular weight excluding hydrogens is 362 g/mol. The molecule has 0 saturated heterocycles. The molecule has 0 spiro atoms. The number of carbonyl (C=O) groups is 2. The fraction of sp³-hybridized carbons (Fsp3) is 0.474. The van der Waals surface area contributed by atoms with Gasteiger partial charge in [-0.2, -0.15) is 0 Å². The van der Waals surface area contributed by atoms with E-state index in [0.717, 1.165) is 31.5 Å². The molecule has 2 amide bonds. The number of carbonyl (C=O) groups excluding carboxylic acids is 2. The first-order valence-electron chi connectivity index (χ1n) is 9.28. The van der Waals surface area contributed by atoms with Crippen LogP contribution in [0.15, 0.2) is 35.5 Å². The summed E-state index contributed by atoms with van der Waals surface area (Å²) in [5.41, 5.74) is 6.54. The van der Waals surface area contributed by atoms with Crippen molar-refractivity contribution in [3.8, 4) is 0 Å². The van der Waals surface area contributed by atoms with Crippen LogP contribution in [0, 0.1) is 0 Å².